The van der Waals surface area contributed by atoms with Crippen LogP contribution in [0.25, 0.3) is 0 Å². The molecular formula is C15H23NO2. The van der Waals surface area contributed by atoms with Crippen LogP contribution in [0.2, 0.25) is 0 Å². The fraction of sp³-hybridized carbons (Fsp3) is 0.600. The summed E-state index contributed by atoms with van der Waals surface area (Å²) in [7, 11) is 0. The lowest BCUT2D eigenvalue weighted by atomic mass is 9.90. The Kier molecular flexibility index (Phi) is 4.38. The molecule has 0 atom stereocenters. The fourth-order valence-corrected chi connectivity index (χ4v) is 2.61. The number of ether oxygens (including phenoxy) is 1. The highest BCUT2D eigenvalue weighted by molar-refractivity contribution is 5.28. The van der Waals surface area contributed by atoms with Crippen LogP contribution in [0, 0.1) is 13.8 Å². The van der Waals surface area contributed by atoms with Crippen molar-refractivity contribution in [3.8, 4) is 0 Å². The van der Waals surface area contributed by atoms with E-state index in [9.17, 15) is 5.11 Å². The van der Waals surface area contributed by atoms with E-state index >= 15 is 0 Å². The third kappa shape index (κ3) is 3.31. The van der Waals surface area contributed by atoms with Gasteiger partial charge in [-0.1, -0.05) is 29.3 Å². The zero-order valence-electron chi connectivity index (χ0n) is 11.3. The quantitative estimate of drug-likeness (QED) is 0.857. The summed E-state index contributed by atoms with van der Waals surface area (Å²) >= 11 is 0. The van der Waals surface area contributed by atoms with Gasteiger partial charge in [0.1, 0.15) is 0 Å². The summed E-state index contributed by atoms with van der Waals surface area (Å²) < 4.78 is 5.37. The molecule has 3 heteroatoms. The van der Waals surface area contributed by atoms with Crippen molar-refractivity contribution in [3.63, 3.8) is 0 Å². The average molecular weight is 249 g/mol. The molecule has 0 amide bonds. The van der Waals surface area contributed by atoms with Gasteiger partial charge in [-0.3, -0.25) is 0 Å². The maximum atomic E-state index is 9.61. The lowest BCUT2D eigenvalue weighted by Crippen LogP contribution is -2.51. The van der Waals surface area contributed by atoms with Crippen molar-refractivity contribution in [1.29, 1.82) is 0 Å². The summed E-state index contributed by atoms with van der Waals surface area (Å²) in [4.78, 5) is 0. The zero-order valence-corrected chi connectivity index (χ0v) is 11.3. The van der Waals surface area contributed by atoms with E-state index in [0.717, 1.165) is 32.6 Å². The molecule has 1 aliphatic heterocycles. The van der Waals surface area contributed by atoms with Crippen molar-refractivity contribution in [2.75, 3.05) is 19.8 Å². The van der Waals surface area contributed by atoms with Gasteiger partial charge in [0.25, 0.3) is 0 Å². The van der Waals surface area contributed by atoms with Gasteiger partial charge in [0.15, 0.2) is 0 Å². The highest BCUT2D eigenvalue weighted by Crippen LogP contribution is 2.21. The number of hydrogen-bond acceptors (Lipinski definition) is 3. The van der Waals surface area contributed by atoms with Gasteiger partial charge in [0, 0.05) is 25.3 Å². The molecule has 18 heavy (non-hydrogen) atoms. The summed E-state index contributed by atoms with van der Waals surface area (Å²) in [6.07, 6.45) is 1.77. The van der Waals surface area contributed by atoms with Gasteiger partial charge in [-0.2, -0.15) is 0 Å². The smallest absolute Gasteiger partial charge is 0.0615 e. The van der Waals surface area contributed by atoms with E-state index in [4.69, 9.17) is 4.74 Å². The first-order chi connectivity index (χ1) is 8.63. The number of hydrogen-bond donors (Lipinski definition) is 2. The third-order valence-corrected chi connectivity index (χ3v) is 3.70. The van der Waals surface area contributed by atoms with E-state index in [-0.39, 0.29) is 12.1 Å². The van der Waals surface area contributed by atoms with E-state index in [2.05, 4.69) is 37.4 Å². The number of aliphatic hydroxyl groups excluding tert-OH is 1. The molecule has 0 spiro atoms. The minimum absolute atomic E-state index is 0.157. The minimum Gasteiger partial charge on any atom is -0.394 e. The van der Waals surface area contributed by atoms with Crippen molar-refractivity contribution >= 4 is 0 Å². The Morgan fingerprint density at radius 3 is 2.33 bits per heavy atom. The molecule has 0 aromatic heterocycles. The van der Waals surface area contributed by atoms with Crippen molar-refractivity contribution < 1.29 is 9.84 Å². The van der Waals surface area contributed by atoms with Crippen molar-refractivity contribution in [2.24, 2.45) is 0 Å². The Balaban J connectivity index is 2.00. The van der Waals surface area contributed by atoms with Crippen LogP contribution < -0.4 is 5.32 Å². The molecule has 1 saturated heterocycles. The Labute approximate surface area is 109 Å². The Morgan fingerprint density at radius 2 is 1.78 bits per heavy atom. The molecule has 2 rings (SSSR count). The zero-order chi connectivity index (χ0) is 13.0. The molecule has 0 aliphatic carbocycles. The highest BCUT2D eigenvalue weighted by atomic mass is 16.5. The minimum atomic E-state index is -0.157. The summed E-state index contributed by atoms with van der Waals surface area (Å²) in [5.41, 5.74) is 3.70. The SMILES string of the molecule is Cc1cc(C)cc(CNC2(CO)CCOCC2)c1. The molecule has 1 aliphatic rings. The molecule has 0 bridgehead atoms. The van der Waals surface area contributed by atoms with E-state index < -0.39 is 0 Å². The van der Waals surface area contributed by atoms with E-state index in [1.54, 1.807) is 0 Å². The van der Waals surface area contributed by atoms with Crippen LogP contribution in [0.3, 0.4) is 0 Å². The second kappa shape index (κ2) is 5.83. The van der Waals surface area contributed by atoms with E-state index in [0.29, 0.717) is 0 Å². The number of benzene rings is 1. The molecule has 1 aromatic carbocycles. The maximum absolute atomic E-state index is 9.61. The van der Waals surface area contributed by atoms with Gasteiger partial charge in [-0.15, -0.1) is 0 Å². The Hall–Kier alpha value is -0.900. The molecular weight excluding hydrogens is 226 g/mol. The molecule has 1 aromatic rings. The molecule has 1 fully saturated rings. The summed E-state index contributed by atoms with van der Waals surface area (Å²) in [5.74, 6) is 0. The molecule has 0 radical (unpaired) electrons. The van der Waals surface area contributed by atoms with Gasteiger partial charge < -0.3 is 15.2 Å². The van der Waals surface area contributed by atoms with Crippen molar-refractivity contribution in [1.82, 2.24) is 5.32 Å². The average Bonchev–Trinajstić information content (AvgIpc) is 2.36. The topological polar surface area (TPSA) is 41.5 Å². The molecule has 3 nitrogen and oxygen atoms in total. The van der Waals surface area contributed by atoms with Crippen LogP contribution in [-0.4, -0.2) is 30.5 Å². The normalized spacial score (nSPS) is 18.8. The number of rotatable bonds is 4. The van der Waals surface area contributed by atoms with Gasteiger partial charge >= 0.3 is 0 Å². The summed E-state index contributed by atoms with van der Waals surface area (Å²) in [6, 6.07) is 6.58. The van der Waals surface area contributed by atoms with Crippen molar-refractivity contribution in [3.05, 3.63) is 34.9 Å². The second-order valence-electron chi connectivity index (χ2n) is 5.40. The number of aliphatic hydroxyl groups is 1. The van der Waals surface area contributed by atoms with Crippen LogP contribution in [0.4, 0.5) is 0 Å². The van der Waals surface area contributed by atoms with Crippen LogP contribution in [-0.2, 0) is 11.3 Å². The van der Waals surface area contributed by atoms with Crippen LogP contribution in [0.1, 0.15) is 29.5 Å². The van der Waals surface area contributed by atoms with Crippen LogP contribution >= 0.6 is 0 Å². The first kappa shape index (κ1) is 13.5. The van der Waals surface area contributed by atoms with Crippen LogP contribution in [0.15, 0.2) is 18.2 Å². The Morgan fingerprint density at radius 1 is 1.17 bits per heavy atom. The van der Waals surface area contributed by atoms with Crippen molar-refractivity contribution in [2.45, 2.75) is 38.8 Å². The second-order valence-corrected chi connectivity index (χ2v) is 5.40. The van der Waals surface area contributed by atoms with Gasteiger partial charge in [-0.05, 0) is 32.3 Å². The number of aryl methyl sites for hydroxylation is 2. The largest absolute Gasteiger partial charge is 0.394 e. The predicted molar refractivity (Wildman–Crippen MR) is 72.6 cm³/mol. The van der Waals surface area contributed by atoms with Crippen LogP contribution in [0.5, 0.6) is 0 Å². The third-order valence-electron chi connectivity index (χ3n) is 3.70. The lowest BCUT2D eigenvalue weighted by molar-refractivity contribution is 0.0111. The Bertz CT molecular complexity index is 377. The fourth-order valence-electron chi connectivity index (χ4n) is 2.61. The summed E-state index contributed by atoms with van der Waals surface area (Å²) in [6.45, 7) is 6.70. The first-order valence-electron chi connectivity index (χ1n) is 6.64. The van der Waals surface area contributed by atoms with Gasteiger partial charge in [-0.25, -0.2) is 0 Å². The van der Waals surface area contributed by atoms with Gasteiger partial charge in [0.2, 0.25) is 0 Å². The lowest BCUT2D eigenvalue weighted by Gasteiger charge is -2.36. The molecule has 100 valence electrons. The van der Waals surface area contributed by atoms with E-state index in [1.807, 2.05) is 0 Å². The predicted octanol–water partition coefficient (Wildman–Crippen LogP) is 1.93. The maximum Gasteiger partial charge on any atom is 0.0615 e. The molecule has 1 heterocycles. The highest BCUT2D eigenvalue weighted by Gasteiger charge is 2.31. The molecule has 0 saturated carbocycles. The van der Waals surface area contributed by atoms with Gasteiger partial charge in [0.05, 0.1) is 6.61 Å². The first-order valence-corrected chi connectivity index (χ1v) is 6.64. The molecule has 2 N–H and O–H groups in total. The summed E-state index contributed by atoms with van der Waals surface area (Å²) in [5, 5.41) is 13.1. The van der Waals surface area contributed by atoms with E-state index in [1.165, 1.54) is 16.7 Å². The standard InChI is InChI=1S/C15H23NO2/c1-12-7-13(2)9-14(8-12)10-16-15(11-17)3-5-18-6-4-15/h7-9,16-17H,3-6,10-11H2,1-2H3. The number of nitrogens with one attached hydrogen (secondary N) is 1. The monoisotopic (exact) mass is 249 g/mol. The molecule has 0 unspecified atom stereocenters.